The maximum atomic E-state index is 12.4. The summed E-state index contributed by atoms with van der Waals surface area (Å²) in [6, 6.07) is -0.589. The van der Waals surface area contributed by atoms with Crippen LogP contribution in [0.5, 0.6) is 0 Å². The molecule has 1 aromatic heterocycles. The first kappa shape index (κ1) is 15.8. The molecule has 3 heterocycles. The van der Waals surface area contributed by atoms with Gasteiger partial charge in [-0.05, 0) is 25.7 Å². The van der Waals surface area contributed by atoms with E-state index in [2.05, 4.69) is 20.1 Å². The number of hydrogen-bond acceptors (Lipinski definition) is 4. The minimum Gasteiger partial charge on any atom is -0.352 e. The molecule has 3 N–H and O–H groups in total. The Morgan fingerprint density at radius 3 is 2.87 bits per heavy atom. The van der Waals surface area contributed by atoms with Crippen LogP contribution in [0.4, 0.5) is 4.79 Å². The molecule has 1 saturated heterocycles. The molecule has 0 spiro atoms. The number of aromatic nitrogens is 3. The van der Waals surface area contributed by atoms with Gasteiger partial charge in [0.05, 0.1) is 6.04 Å². The number of carbonyl (C=O) groups is 2. The first-order chi connectivity index (χ1) is 11.2. The highest BCUT2D eigenvalue weighted by atomic mass is 16.2. The van der Waals surface area contributed by atoms with Gasteiger partial charge in [-0.15, -0.1) is 10.2 Å². The number of likely N-dealkylation sites (tertiary alicyclic amines) is 1. The lowest BCUT2D eigenvalue weighted by atomic mass is 10.2. The van der Waals surface area contributed by atoms with Crippen LogP contribution in [0.25, 0.3) is 0 Å². The summed E-state index contributed by atoms with van der Waals surface area (Å²) in [7, 11) is 0. The lowest BCUT2D eigenvalue weighted by molar-refractivity contribution is -0.132. The van der Waals surface area contributed by atoms with Crippen LogP contribution in [0, 0.1) is 0 Å². The number of hydrogen-bond donors (Lipinski definition) is 2. The van der Waals surface area contributed by atoms with E-state index in [0.29, 0.717) is 0 Å². The van der Waals surface area contributed by atoms with Gasteiger partial charge in [0.2, 0.25) is 5.91 Å². The molecule has 0 aliphatic carbocycles. The van der Waals surface area contributed by atoms with Crippen molar-refractivity contribution in [3.05, 3.63) is 11.6 Å². The number of rotatable bonds is 4. The highest BCUT2D eigenvalue weighted by Gasteiger charge is 2.34. The van der Waals surface area contributed by atoms with Crippen LogP contribution >= 0.6 is 0 Å². The lowest BCUT2D eigenvalue weighted by Gasteiger charge is -2.24. The monoisotopic (exact) mass is 320 g/mol. The molecule has 0 aromatic carbocycles. The highest BCUT2D eigenvalue weighted by molar-refractivity contribution is 5.78. The fourth-order valence-corrected chi connectivity index (χ4v) is 3.52. The van der Waals surface area contributed by atoms with Crippen LogP contribution in [0.2, 0.25) is 0 Å². The fourth-order valence-electron chi connectivity index (χ4n) is 3.52. The van der Waals surface area contributed by atoms with Gasteiger partial charge in [-0.25, -0.2) is 4.79 Å². The molecule has 2 aliphatic heterocycles. The van der Waals surface area contributed by atoms with Gasteiger partial charge < -0.3 is 20.5 Å². The van der Waals surface area contributed by atoms with Gasteiger partial charge in [-0.1, -0.05) is 6.42 Å². The Bertz CT molecular complexity index is 585. The predicted octanol–water partition coefficient (Wildman–Crippen LogP) is 0.726. The molecular formula is C15H24N6O2. The topological polar surface area (TPSA) is 106 Å². The first-order valence-corrected chi connectivity index (χ1v) is 8.41. The van der Waals surface area contributed by atoms with E-state index in [1.165, 1.54) is 6.42 Å². The summed E-state index contributed by atoms with van der Waals surface area (Å²) in [4.78, 5) is 25.0. The van der Waals surface area contributed by atoms with Crippen LogP contribution in [0.3, 0.4) is 0 Å². The summed E-state index contributed by atoms with van der Waals surface area (Å²) < 4.78 is 2.21. The minimum absolute atomic E-state index is 0.00966. The summed E-state index contributed by atoms with van der Waals surface area (Å²) in [5, 5.41) is 11.2. The number of fused-ring (bicyclic) bond motifs is 1. The van der Waals surface area contributed by atoms with E-state index in [-0.39, 0.29) is 24.9 Å². The van der Waals surface area contributed by atoms with E-state index in [1.807, 2.05) is 4.90 Å². The van der Waals surface area contributed by atoms with Crippen LogP contribution < -0.4 is 11.1 Å². The average Bonchev–Trinajstić information content (AvgIpc) is 3.08. The van der Waals surface area contributed by atoms with Gasteiger partial charge in [0.15, 0.2) is 5.82 Å². The Hall–Kier alpha value is -2.12. The molecule has 0 saturated carbocycles. The lowest BCUT2D eigenvalue weighted by Crippen LogP contribution is -2.36. The summed E-state index contributed by atoms with van der Waals surface area (Å²) in [5.41, 5.74) is 5.03. The van der Waals surface area contributed by atoms with Crippen molar-refractivity contribution in [3.63, 3.8) is 0 Å². The largest absolute Gasteiger partial charge is 0.352 e. The summed E-state index contributed by atoms with van der Waals surface area (Å²) in [6.07, 6.45) is 6.64. The molecule has 126 valence electrons. The van der Waals surface area contributed by atoms with E-state index >= 15 is 0 Å². The molecule has 3 amide bonds. The zero-order valence-electron chi connectivity index (χ0n) is 13.3. The van der Waals surface area contributed by atoms with Crippen molar-refractivity contribution in [1.82, 2.24) is 25.0 Å². The van der Waals surface area contributed by atoms with Crippen molar-refractivity contribution < 1.29 is 9.59 Å². The Labute approximate surface area is 135 Å². The van der Waals surface area contributed by atoms with Crippen molar-refractivity contribution in [1.29, 1.82) is 0 Å². The molecule has 2 aliphatic rings. The molecule has 0 radical (unpaired) electrons. The van der Waals surface area contributed by atoms with Crippen LogP contribution in [0.1, 0.15) is 56.2 Å². The van der Waals surface area contributed by atoms with Gasteiger partial charge in [-0.2, -0.15) is 0 Å². The maximum Gasteiger partial charge on any atom is 0.312 e. The maximum absolute atomic E-state index is 12.4. The zero-order valence-corrected chi connectivity index (χ0v) is 13.3. The number of nitrogens with zero attached hydrogens (tertiary/aromatic N) is 4. The van der Waals surface area contributed by atoms with Gasteiger partial charge in [0.1, 0.15) is 5.82 Å². The van der Waals surface area contributed by atoms with Gasteiger partial charge in [0, 0.05) is 32.5 Å². The van der Waals surface area contributed by atoms with Crippen LogP contribution in [-0.2, 0) is 17.8 Å². The Balaban J connectivity index is 1.70. The van der Waals surface area contributed by atoms with Crippen molar-refractivity contribution in [3.8, 4) is 0 Å². The predicted molar refractivity (Wildman–Crippen MR) is 83.5 cm³/mol. The molecule has 3 rings (SSSR count). The molecule has 0 unspecified atom stereocenters. The Kier molecular flexibility index (Phi) is 4.78. The van der Waals surface area contributed by atoms with Gasteiger partial charge in [-0.3, -0.25) is 4.79 Å². The van der Waals surface area contributed by atoms with E-state index in [4.69, 9.17) is 5.73 Å². The third-order valence-corrected chi connectivity index (χ3v) is 4.65. The number of primary amides is 1. The van der Waals surface area contributed by atoms with E-state index in [0.717, 1.165) is 56.8 Å². The van der Waals surface area contributed by atoms with E-state index in [1.54, 1.807) is 0 Å². The second kappa shape index (κ2) is 6.97. The third kappa shape index (κ3) is 3.46. The number of aryl methyl sites for hydroxylation is 1. The summed E-state index contributed by atoms with van der Waals surface area (Å²) in [6.45, 7) is 1.96. The Morgan fingerprint density at radius 2 is 2.04 bits per heavy atom. The number of amides is 3. The van der Waals surface area contributed by atoms with Crippen molar-refractivity contribution in [2.45, 2.75) is 57.5 Å². The number of nitrogens with two attached hydrogens (primary N) is 1. The highest BCUT2D eigenvalue weighted by Crippen LogP contribution is 2.32. The third-order valence-electron chi connectivity index (χ3n) is 4.65. The van der Waals surface area contributed by atoms with Crippen LogP contribution in [-0.4, -0.2) is 44.7 Å². The summed E-state index contributed by atoms with van der Waals surface area (Å²) in [5.74, 6) is 2.01. The molecule has 1 aromatic rings. The zero-order chi connectivity index (χ0) is 16.2. The van der Waals surface area contributed by atoms with Crippen molar-refractivity contribution in [2.24, 2.45) is 5.73 Å². The smallest absolute Gasteiger partial charge is 0.312 e. The number of urea groups is 1. The summed E-state index contributed by atoms with van der Waals surface area (Å²) >= 11 is 0. The molecule has 8 heteroatoms. The average molecular weight is 320 g/mol. The molecule has 1 fully saturated rings. The quantitative estimate of drug-likeness (QED) is 0.852. The number of nitrogens with one attached hydrogen (secondary N) is 1. The molecular weight excluding hydrogens is 296 g/mol. The molecule has 23 heavy (non-hydrogen) atoms. The van der Waals surface area contributed by atoms with E-state index in [9.17, 15) is 9.59 Å². The molecule has 1 atom stereocenters. The Morgan fingerprint density at radius 1 is 1.17 bits per heavy atom. The second-order valence-corrected chi connectivity index (χ2v) is 6.22. The van der Waals surface area contributed by atoms with Gasteiger partial charge >= 0.3 is 6.03 Å². The minimum atomic E-state index is -0.599. The first-order valence-electron chi connectivity index (χ1n) is 8.41. The SMILES string of the molecule is NC(=O)NCCC(=O)N1CCC[C@H]1c1nnc2n1CCCCC2. The van der Waals surface area contributed by atoms with Crippen molar-refractivity contribution in [2.75, 3.05) is 13.1 Å². The second-order valence-electron chi connectivity index (χ2n) is 6.22. The van der Waals surface area contributed by atoms with E-state index < -0.39 is 6.03 Å². The normalized spacial score (nSPS) is 20.9. The van der Waals surface area contributed by atoms with Gasteiger partial charge in [0.25, 0.3) is 0 Å². The number of carbonyl (C=O) groups excluding carboxylic acids is 2. The standard InChI is InChI=1S/C15H24N6O2/c16-15(23)17-8-7-13(22)20-10-4-5-11(20)14-19-18-12-6-2-1-3-9-21(12)14/h11H,1-10H2,(H3,16,17,23)/t11-/m0/s1. The van der Waals surface area contributed by atoms with Crippen LogP contribution in [0.15, 0.2) is 0 Å². The molecule has 8 nitrogen and oxygen atoms in total. The van der Waals surface area contributed by atoms with Crippen molar-refractivity contribution >= 4 is 11.9 Å². The molecule has 0 bridgehead atoms. The fraction of sp³-hybridized carbons (Fsp3) is 0.733.